The summed E-state index contributed by atoms with van der Waals surface area (Å²) in [5.74, 6) is 1.01. The highest BCUT2D eigenvalue weighted by atomic mass is 35.5. The van der Waals surface area contributed by atoms with Gasteiger partial charge in [-0.25, -0.2) is 0 Å². The predicted octanol–water partition coefficient (Wildman–Crippen LogP) is 3.64. The van der Waals surface area contributed by atoms with E-state index in [2.05, 4.69) is 5.32 Å². The zero-order valence-corrected chi connectivity index (χ0v) is 13.1. The lowest BCUT2D eigenvalue weighted by molar-refractivity contribution is -0.117. The number of rotatable bonds is 4. The molecule has 0 saturated carbocycles. The van der Waals surface area contributed by atoms with Gasteiger partial charge in [-0.05, 0) is 41.8 Å². The van der Waals surface area contributed by atoms with Crippen LogP contribution in [-0.4, -0.2) is 20.1 Å². The van der Waals surface area contributed by atoms with Crippen molar-refractivity contribution in [3.8, 4) is 11.5 Å². The molecule has 1 N–H and O–H groups in total. The lowest BCUT2D eigenvalue weighted by atomic mass is 9.92. The van der Waals surface area contributed by atoms with Crippen molar-refractivity contribution >= 4 is 23.2 Å². The normalized spacial score (nSPS) is 16.1. The maximum Gasteiger partial charge on any atom is 0.232 e. The highest BCUT2D eigenvalue weighted by Crippen LogP contribution is 2.39. The van der Waals surface area contributed by atoms with Crippen LogP contribution in [-0.2, 0) is 11.2 Å². The fourth-order valence-electron chi connectivity index (χ4n) is 2.83. The molecule has 0 aliphatic carbocycles. The summed E-state index contributed by atoms with van der Waals surface area (Å²) in [5.41, 5.74) is 2.67. The Morgan fingerprint density at radius 3 is 2.73 bits per heavy atom. The smallest absolute Gasteiger partial charge is 0.232 e. The summed E-state index contributed by atoms with van der Waals surface area (Å²) in [7, 11) is 3.19. The standard InChI is InChI=1S/C17H16ClNO3/c1-21-15-5-3-4-10(16(15)22-2)8-13-12-9-11(18)6-7-14(12)19-17(13)20/h3-7,9,13H,8H2,1-2H3,(H,19,20)/t13-/m0/s1. The van der Waals surface area contributed by atoms with Gasteiger partial charge in [0.25, 0.3) is 0 Å². The second-order valence-electron chi connectivity index (χ2n) is 5.13. The van der Waals surface area contributed by atoms with E-state index in [9.17, 15) is 4.79 Å². The van der Waals surface area contributed by atoms with E-state index < -0.39 is 0 Å². The minimum Gasteiger partial charge on any atom is -0.493 e. The van der Waals surface area contributed by atoms with Gasteiger partial charge in [-0.3, -0.25) is 4.79 Å². The Hall–Kier alpha value is -2.20. The number of hydrogen-bond donors (Lipinski definition) is 1. The highest BCUT2D eigenvalue weighted by Gasteiger charge is 2.31. The van der Waals surface area contributed by atoms with Crippen molar-refractivity contribution in [2.75, 3.05) is 19.5 Å². The van der Waals surface area contributed by atoms with Gasteiger partial charge < -0.3 is 14.8 Å². The number of methoxy groups -OCH3 is 2. The van der Waals surface area contributed by atoms with E-state index in [0.717, 1.165) is 16.8 Å². The molecule has 4 nitrogen and oxygen atoms in total. The molecule has 1 amide bonds. The van der Waals surface area contributed by atoms with E-state index in [1.54, 1.807) is 20.3 Å². The molecule has 1 atom stereocenters. The van der Waals surface area contributed by atoms with E-state index in [1.807, 2.05) is 30.3 Å². The summed E-state index contributed by atoms with van der Waals surface area (Å²) in [6, 6.07) is 11.1. The molecular weight excluding hydrogens is 302 g/mol. The molecule has 0 spiro atoms. The predicted molar refractivity (Wildman–Crippen MR) is 86.1 cm³/mol. The molecule has 3 rings (SSSR count). The molecule has 114 valence electrons. The average Bonchev–Trinajstić information content (AvgIpc) is 2.82. The van der Waals surface area contributed by atoms with E-state index in [-0.39, 0.29) is 11.8 Å². The van der Waals surface area contributed by atoms with Crippen molar-refractivity contribution in [3.05, 3.63) is 52.5 Å². The van der Waals surface area contributed by atoms with Gasteiger partial charge in [0.1, 0.15) is 0 Å². The molecule has 5 heteroatoms. The molecule has 0 radical (unpaired) electrons. The molecule has 2 aromatic rings. The minimum atomic E-state index is -0.283. The summed E-state index contributed by atoms with van der Waals surface area (Å²) in [4.78, 5) is 12.3. The molecule has 0 unspecified atom stereocenters. The van der Waals surface area contributed by atoms with Crippen molar-refractivity contribution in [1.82, 2.24) is 0 Å². The molecule has 1 aliphatic rings. The van der Waals surface area contributed by atoms with Crippen molar-refractivity contribution in [2.24, 2.45) is 0 Å². The quantitative estimate of drug-likeness (QED) is 0.936. The molecule has 2 aromatic carbocycles. The van der Waals surface area contributed by atoms with Crippen molar-refractivity contribution in [3.63, 3.8) is 0 Å². The van der Waals surface area contributed by atoms with Gasteiger partial charge in [0.2, 0.25) is 5.91 Å². The van der Waals surface area contributed by atoms with Crippen LogP contribution in [0.25, 0.3) is 0 Å². The number of benzene rings is 2. The van der Waals surface area contributed by atoms with Crippen LogP contribution in [0.3, 0.4) is 0 Å². The van der Waals surface area contributed by atoms with Gasteiger partial charge in [0, 0.05) is 10.7 Å². The number of anilines is 1. The summed E-state index contributed by atoms with van der Waals surface area (Å²) in [6.07, 6.45) is 0.527. The molecule has 0 aromatic heterocycles. The fraction of sp³-hybridized carbons (Fsp3) is 0.235. The van der Waals surface area contributed by atoms with E-state index >= 15 is 0 Å². The average molecular weight is 318 g/mol. The number of ether oxygens (including phenoxy) is 2. The third-order valence-corrected chi connectivity index (χ3v) is 4.11. The lowest BCUT2D eigenvalue weighted by Gasteiger charge is -2.15. The van der Waals surface area contributed by atoms with Crippen molar-refractivity contribution in [1.29, 1.82) is 0 Å². The van der Waals surface area contributed by atoms with Crippen molar-refractivity contribution < 1.29 is 14.3 Å². The van der Waals surface area contributed by atoms with E-state index in [0.29, 0.717) is 22.9 Å². The third kappa shape index (κ3) is 2.50. The second-order valence-corrected chi connectivity index (χ2v) is 5.57. The van der Waals surface area contributed by atoms with Crippen LogP contribution in [0.4, 0.5) is 5.69 Å². The van der Waals surface area contributed by atoms with Crippen LogP contribution in [0.15, 0.2) is 36.4 Å². The van der Waals surface area contributed by atoms with Crippen LogP contribution in [0.2, 0.25) is 5.02 Å². The summed E-state index contributed by atoms with van der Waals surface area (Å²) in [5, 5.41) is 3.51. The Morgan fingerprint density at radius 1 is 1.18 bits per heavy atom. The SMILES string of the molecule is COc1cccc(C[C@@H]2C(=O)Nc3ccc(Cl)cc32)c1OC. The van der Waals surface area contributed by atoms with Crippen LogP contribution in [0, 0.1) is 0 Å². The van der Waals surface area contributed by atoms with Crippen LogP contribution < -0.4 is 14.8 Å². The summed E-state index contributed by atoms with van der Waals surface area (Å²) >= 11 is 6.06. The van der Waals surface area contributed by atoms with Crippen LogP contribution in [0.1, 0.15) is 17.0 Å². The molecule has 0 saturated heterocycles. The molecular formula is C17H16ClNO3. The molecule has 22 heavy (non-hydrogen) atoms. The first-order chi connectivity index (χ1) is 10.6. The number of nitrogens with one attached hydrogen (secondary N) is 1. The number of hydrogen-bond acceptors (Lipinski definition) is 3. The highest BCUT2D eigenvalue weighted by molar-refractivity contribution is 6.31. The van der Waals surface area contributed by atoms with E-state index in [4.69, 9.17) is 21.1 Å². The van der Waals surface area contributed by atoms with Gasteiger partial charge in [-0.15, -0.1) is 0 Å². The lowest BCUT2D eigenvalue weighted by Crippen LogP contribution is -2.14. The van der Waals surface area contributed by atoms with Gasteiger partial charge in [0.05, 0.1) is 20.1 Å². The topological polar surface area (TPSA) is 47.6 Å². The largest absolute Gasteiger partial charge is 0.493 e. The number of halogens is 1. The molecule has 0 fully saturated rings. The zero-order chi connectivity index (χ0) is 15.7. The number of amides is 1. The number of fused-ring (bicyclic) bond motifs is 1. The zero-order valence-electron chi connectivity index (χ0n) is 12.4. The Bertz CT molecular complexity index is 730. The third-order valence-electron chi connectivity index (χ3n) is 3.87. The Labute approximate surface area is 134 Å². The van der Waals surface area contributed by atoms with Crippen molar-refractivity contribution in [2.45, 2.75) is 12.3 Å². The minimum absolute atomic E-state index is 0.0258. The van der Waals surface area contributed by atoms with Crippen LogP contribution in [0.5, 0.6) is 11.5 Å². The van der Waals surface area contributed by atoms with E-state index in [1.165, 1.54) is 0 Å². The maximum atomic E-state index is 12.3. The number of carbonyl (C=O) groups excluding carboxylic acids is 1. The Morgan fingerprint density at radius 2 is 2.00 bits per heavy atom. The van der Waals surface area contributed by atoms with Gasteiger partial charge >= 0.3 is 0 Å². The Kier molecular flexibility index (Phi) is 3.94. The summed E-state index contributed by atoms with van der Waals surface area (Å²) in [6.45, 7) is 0. The number of carbonyl (C=O) groups is 1. The first-order valence-electron chi connectivity index (χ1n) is 6.94. The maximum absolute atomic E-state index is 12.3. The second kappa shape index (κ2) is 5.89. The fourth-order valence-corrected chi connectivity index (χ4v) is 3.01. The first kappa shape index (κ1) is 14.7. The first-order valence-corrected chi connectivity index (χ1v) is 7.32. The van der Waals surface area contributed by atoms with Crippen LogP contribution >= 0.6 is 11.6 Å². The molecule has 1 aliphatic heterocycles. The monoisotopic (exact) mass is 317 g/mol. The van der Waals surface area contributed by atoms with Gasteiger partial charge in [0.15, 0.2) is 11.5 Å². The molecule has 1 heterocycles. The Balaban J connectivity index is 1.98. The summed E-state index contributed by atoms with van der Waals surface area (Å²) < 4.78 is 10.8. The van der Waals surface area contributed by atoms with Gasteiger partial charge in [-0.1, -0.05) is 23.7 Å². The van der Waals surface area contributed by atoms with Gasteiger partial charge in [-0.2, -0.15) is 0 Å². The molecule has 0 bridgehead atoms. The number of para-hydroxylation sites is 1.